The van der Waals surface area contributed by atoms with Crippen molar-refractivity contribution in [3.05, 3.63) is 23.9 Å². The number of aromatic nitrogens is 1. The van der Waals surface area contributed by atoms with Gasteiger partial charge in [-0.3, -0.25) is 0 Å². The Morgan fingerprint density at radius 3 is 2.82 bits per heavy atom. The fourth-order valence-electron chi connectivity index (χ4n) is 2.38. The van der Waals surface area contributed by atoms with Crippen molar-refractivity contribution >= 4 is 5.82 Å². The monoisotopic (exact) mass is 234 g/mol. The number of hydrogen-bond acceptors (Lipinski definition) is 3. The van der Waals surface area contributed by atoms with Gasteiger partial charge in [-0.2, -0.15) is 0 Å². The third-order valence-corrected chi connectivity index (χ3v) is 3.35. The molecule has 1 atom stereocenters. The highest BCUT2D eigenvalue weighted by Crippen LogP contribution is 2.22. The highest BCUT2D eigenvalue weighted by atomic mass is 16.3. The molecule has 0 spiro atoms. The molecular formula is C14H22N2O. The summed E-state index contributed by atoms with van der Waals surface area (Å²) >= 11 is 0. The van der Waals surface area contributed by atoms with Crippen LogP contribution < -0.4 is 4.90 Å². The standard InChI is InChI=1S/C14H22N2O/c1-12(17)7-8-13-6-5-9-15-14(13)16-10-3-2-4-11-16/h5-6,9,12,17H,2-4,7-8,10-11H2,1H3/t12-/m1/s1. The van der Waals surface area contributed by atoms with Crippen molar-refractivity contribution in [3.63, 3.8) is 0 Å². The molecule has 1 aliphatic heterocycles. The first-order valence-corrected chi connectivity index (χ1v) is 6.64. The van der Waals surface area contributed by atoms with E-state index in [1.807, 2.05) is 19.2 Å². The van der Waals surface area contributed by atoms with Gasteiger partial charge in [0.2, 0.25) is 0 Å². The molecule has 0 aliphatic carbocycles. The Balaban J connectivity index is 2.09. The fourth-order valence-corrected chi connectivity index (χ4v) is 2.38. The third kappa shape index (κ3) is 3.43. The van der Waals surface area contributed by atoms with Gasteiger partial charge in [0.25, 0.3) is 0 Å². The van der Waals surface area contributed by atoms with Crippen LogP contribution in [0.15, 0.2) is 18.3 Å². The summed E-state index contributed by atoms with van der Waals surface area (Å²) in [4.78, 5) is 6.91. The number of hydrogen-bond donors (Lipinski definition) is 1. The molecule has 0 aromatic carbocycles. The van der Waals surface area contributed by atoms with Crippen molar-refractivity contribution in [2.45, 2.75) is 45.1 Å². The summed E-state index contributed by atoms with van der Waals surface area (Å²) in [5.74, 6) is 1.13. The highest BCUT2D eigenvalue weighted by molar-refractivity contribution is 5.47. The normalized spacial score (nSPS) is 18.1. The van der Waals surface area contributed by atoms with Gasteiger partial charge >= 0.3 is 0 Å². The topological polar surface area (TPSA) is 36.4 Å². The van der Waals surface area contributed by atoms with Gasteiger partial charge in [-0.15, -0.1) is 0 Å². The maximum atomic E-state index is 9.38. The van der Waals surface area contributed by atoms with E-state index in [2.05, 4.69) is 16.0 Å². The lowest BCUT2D eigenvalue weighted by molar-refractivity contribution is 0.185. The second kappa shape index (κ2) is 6.01. The third-order valence-electron chi connectivity index (χ3n) is 3.35. The van der Waals surface area contributed by atoms with Gasteiger partial charge in [-0.05, 0) is 50.7 Å². The first kappa shape index (κ1) is 12.4. The van der Waals surface area contributed by atoms with Crippen molar-refractivity contribution in [1.29, 1.82) is 0 Å². The summed E-state index contributed by atoms with van der Waals surface area (Å²) < 4.78 is 0. The predicted octanol–water partition coefficient (Wildman–Crippen LogP) is 2.39. The van der Waals surface area contributed by atoms with Crippen LogP contribution >= 0.6 is 0 Å². The molecule has 2 rings (SSSR count). The van der Waals surface area contributed by atoms with Crippen molar-refractivity contribution in [2.75, 3.05) is 18.0 Å². The second-order valence-corrected chi connectivity index (χ2v) is 4.92. The average Bonchev–Trinajstić information content (AvgIpc) is 2.38. The minimum atomic E-state index is -0.232. The molecule has 17 heavy (non-hydrogen) atoms. The van der Waals surface area contributed by atoms with Gasteiger partial charge in [0.15, 0.2) is 0 Å². The Morgan fingerprint density at radius 2 is 2.12 bits per heavy atom. The number of aryl methyl sites for hydroxylation is 1. The van der Waals surface area contributed by atoms with Crippen molar-refractivity contribution < 1.29 is 5.11 Å². The molecule has 0 amide bonds. The van der Waals surface area contributed by atoms with E-state index in [-0.39, 0.29) is 6.10 Å². The zero-order chi connectivity index (χ0) is 12.1. The predicted molar refractivity (Wildman–Crippen MR) is 70.3 cm³/mol. The fraction of sp³-hybridized carbons (Fsp3) is 0.643. The van der Waals surface area contributed by atoms with Crippen molar-refractivity contribution in [3.8, 4) is 0 Å². The zero-order valence-corrected chi connectivity index (χ0v) is 10.6. The van der Waals surface area contributed by atoms with Gasteiger partial charge in [0, 0.05) is 19.3 Å². The van der Waals surface area contributed by atoms with E-state index in [1.54, 1.807) is 0 Å². The summed E-state index contributed by atoms with van der Waals surface area (Å²) in [6.07, 6.45) is 7.25. The van der Waals surface area contributed by atoms with Crippen LogP contribution in [0, 0.1) is 0 Å². The Morgan fingerprint density at radius 1 is 1.35 bits per heavy atom. The van der Waals surface area contributed by atoms with Crippen LogP contribution in [0.1, 0.15) is 38.2 Å². The highest BCUT2D eigenvalue weighted by Gasteiger charge is 2.15. The Bertz CT molecular complexity index is 346. The molecule has 3 heteroatoms. The molecule has 94 valence electrons. The summed E-state index contributed by atoms with van der Waals surface area (Å²) in [6.45, 7) is 4.09. The first-order chi connectivity index (χ1) is 8.27. The van der Waals surface area contributed by atoms with E-state index >= 15 is 0 Å². The van der Waals surface area contributed by atoms with Crippen LogP contribution in [0.5, 0.6) is 0 Å². The average molecular weight is 234 g/mol. The Labute approximate surface area is 103 Å². The molecule has 0 unspecified atom stereocenters. The van der Waals surface area contributed by atoms with Crippen molar-refractivity contribution in [2.24, 2.45) is 0 Å². The van der Waals surface area contributed by atoms with Crippen LogP contribution in [0.3, 0.4) is 0 Å². The smallest absolute Gasteiger partial charge is 0.131 e. The Kier molecular flexibility index (Phi) is 4.37. The molecule has 1 aromatic heterocycles. The van der Waals surface area contributed by atoms with Gasteiger partial charge in [0.05, 0.1) is 6.10 Å². The van der Waals surface area contributed by atoms with Gasteiger partial charge < -0.3 is 10.0 Å². The minimum absolute atomic E-state index is 0.232. The molecule has 1 N–H and O–H groups in total. The molecule has 0 radical (unpaired) electrons. The molecule has 1 saturated heterocycles. The number of aliphatic hydroxyl groups excluding tert-OH is 1. The van der Waals surface area contributed by atoms with Crippen LogP contribution in [0.25, 0.3) is 0 Å². The van der Waals surface area contributed by atoms with Crippen molar-refractivity contribution in [1.82, 2.24) is 4.98 Å². The van der Waals surface area contributed by atoms with E-state index in [0.717, 1.165) is 31.7 Å². The molecule has 2 heterocycles. The van der Waals surface area contributed by atoms with Gasteiger partial charge in [0.1, 0.15) is 5.82 Å². The second-order valence-electron chi connectivity index (χ2n) is 4.92. The number of aliphatic hydroxyl groups is 1. The molecule has 1 fully saturated rings. The quantitative estimate of drug-likeness (QED) is 0.869. The van der Waals surface area contributed by atoms with E-state index < -0.39 is 0 Å². The summed E-state index contributed by atoms with van der Waals surface area (Å²) in [5, 5.41) is 9.38. The van der Waals surface area contributed by atoms with E-state index in [9.17, 15) is 5.11 Å². The summed E-state index contributed by atoms with van der Waals surface area (Å²) in [6, 6.07) is 4.13. The van der Waals surface area contributed by atoms with Crippen LogP contribution in [0.4, 0.5) is 5.82 Å². The van der Waals surface area contributed by atoms with E-state index in [0.29, 0.717) is 0 Å². The van der Waals surface area contributed by atoms with Gasteiger partial charge in [-0.25, -0.2) is 4.98 Å². The summed E-state index contributed by atoms with van der Waals surface area (Å²) in [5.41, 5.74) is 1.27. The number of nitrogens with zero attached hydrogens (tertiary/aromatic N) is 2. The van der Waals surface area contributed by atoms with Crippen LogP contribution in [-0.2, 0) is 6.42 Å². The molecule has 1 aromatic rings. The Hall–Kier alpha value is -1.09. The largest absolute Gasteiger partial charge is 0.393 e. The summed E-state index contributed by atoms with van der Waals surface area (Å²) in [7, 11) is 0. The maximum Gasteiger partial charge on any atom is 0.131 e. The molecule has 0 bridgehead atoms. The lowest BCUT2D eigenvalue weighted by Crippen LogP contribution is -2.31. The molecule has 3 nitrogen and oxygen atoms in total. The molecule has 0 saturated carbocycles. The minimum Gasteiger partial charge on any atom is -0.393 e. The number of rotatable bonds is 4. The lowest BCUT2D eigenvalue weighted by Gasteiger charge is -2.29. The number of pyridine rings is 1. The van der Waals surface area contributed by atoms with Crippen LogP contribution in [0.2, 0.25) is 0 Å². The van der Waals surface area contributed by atoms with E-state index in [1.165, 1.54) is 24.8 Å². The number of anilines is 1. The zero-order valence-electron chi connectivity index (χ0n) is 10.6. The first-order valence-electron chi connectivity index (χ1n) is 6.64. The molecular weight excluding hydrogens is 212 g/mol. The number of piperidine rings is 1. The van der Waals surface area contributed by atoms with E-state index in [4.69, 9.17) is 0 Å². The molecule has 1 aliphatic rings. The maximum absolute atomic E-state index is 9.38. The van der Waals surface area contributed by atoms with Crippen LogP contribution in [-0.4, -0.2) is 29.3 Å². The lowest BCUT2D eigenvalue weighted by atomic mass is 10.1. The SMILES string of the molecule is C[C@@H](O)CCc1cccnc1N1CCCCC1. The van der Waals surface area contributed by atoms with Gasteiger partial charge in [-0.1, -0.05) is 6.07 Å².